The average molecular weight is 424 g/mol. The molecule has 30 heavy (non-hydrogen) atoms. The molecule has 0 spiro atoms. The van der Waals surface area contributed by atoms with Crippen LogP contribution in [-0.4, -0.2) is 40.1 Å². The molecule has 154 valence electrons. The van der Waals surface area contributed by atoms with Gasteiger partial charge in [0.05, 0.1) is 24.4 Å². The Morgan fingerprint density at radius 1 is 1.20 bits per heavy atom. The predicted molar refractivity (Wildman–Crippen MR) is 115 cm³/mol. The molecule has 2 aromatic heterocycles. The van der Waals surface area contributed by atoms with Gasteiger partial charge in [-0.05, 0) is 41.8 Å². The number of aryl methyl sites for hydroxylation is 1. The van der Waals surface area contributed by atoms with Gasteiger partial charge in [-0.3, -0.25) is 14.6 Å². The van der Waals surface area contributed by atoms with Crippen LogP contribution in [-0.2, 0) is 18.2 Å². The number of morpholine rings is 1. The Morgan fingerprint density at radius 2 is 2.07 bits per heavy atom. The fourth-order valence-corrected chi connectivity index (χ4v) is 3.74. The number of aromatic nitrogens is 2. The van der Waals surface area contributed by atoms with Crippen molar-refractivity contribution in [3.8, 4) is 0 Å². The molecule has 0 radical (unpaired) electrons. The molecule has 4 rings (SSSR count). The van der Waals surface area contributed by atoms with E-state index in [1.54, 1.807) is 24.2 Å². The number of benzene rings is 1. The summed E-state index contributed by atoms with van der Waals surface area (Å²) in [6.07, 6.45) is 3.87. The number of hydrogen-bond donors (Lipinski definition) is 0. The Balaban J connectivity index is 1.44. The van der Waals surface area contributed by atoms with E-state index in [0.717, 1.165) is 28.3 Å². The number of amides is 1. The quantitative estimate of drug-likeness (QED) is 0.646. The van der Waals surface area contributed by atoms with E-state index in [0.29, 0.717) is 25.3 Å². The molecule has 6 nitrogen and oxygen atoms in total. The van der Waals surface area contributed by atoms with E-state index in [4.69, 9.17) is 16.3 Å². The lowest BCUT2D eigenvalue weighted by Crippen LogP contribution is -2.42. The largest absolute Gasteiger partial charge is 0.368 e. The zero-order chi connectivity index (χ0) is 21.1. The number of rotatable bonds is 4. The van der Waals surface area contributed by atoms with Crippen LogP contribution >= 0.6 is 11.6 Å². The van der Waals surface area contributed by atoms with Crippen LogP contribution in [0.4, 0.5) is 0 Å². The lowest BCUT2D eigenvalue weighted by molar-refractivity contribution is -0.0247. The monoisotopic (exact) mass is 423 g/mol. The van der Waals surface area contributed by atoms with Crippen LogP contribution in [0.2, 0.25) is 5.02 Å². The lowest BCUT2D eigenvalue weighted by atomic mass is 10.1. The molecular weight excluding hydrogens is 402 g/mol. The van der Waals surface area contributed by atoms with Gasteiger partial charge in [0.1, 0.15) is 6.10 Å². The van der Waals surface area contributed by atoms with Gasteiger partial charge in [-0.2, -0.15) is 0 Å². The van der Waals surface area contributed by atoms with E-state index >= 15 is 0 Å². The van der Waals surface area contributed by atoms with E-state index < -0.39 is 0 Å². The van der Waals surface area contributed by atoms with Gasteiger partial charge >= 0.3 is 0 Å². The summed E-state index contributed by atoms with van der Waals surface area (Å²) in [4.78, 5) is 30.7. The van der Waals surface area contributed by atoms with Crippen molar-refractivity contribution < 1.29 is 9.53 Å². The molecule has 3 aromatic rings. The van der Waals surface area contributed by atoms with Crippen LogP contribution in [0.3, 0.4) is 0 Å². The molecule has 1 aliphatic rings. The number of pyridine rings is 2. The molecule has 0 aliphatic carbocycles. The first-order valence-electron chi connectivity index (χ1n) is 9.76. The van der Waals surface area contributed by atoms with Crippen molar-refractivity contribution in [2.75, 3.05) is 19.7 Å². The minimum absolute atomic E-state index is 0.114. The van der Waals surface area contributed by atoms with Gasteiger partial charge in [0.2, 0.25) is 5.56 Å². The van der Waals surface area contributed by atoms with Crippen LogP contribution in [0, 0.1) is 0 Å². The standard InChI is InChI=1S/C23H22ClN3O3/c1-26-14-18(6-8-22(26)28)23(29)27-9-10-30-21(15-27)20-7-5-17(13-25-20)11-16-3-2-4-19(24)12-16/h2-8,12-14,21H,9-11,15H2,1H3/t21-/m1/s1. The van der Waals surface area contributed by atoms with Gasteiger partial charge < -0.3 is 14.2 Å². The lowest BCUT2D eigenvalue weighted by Gasteiger charge is -2.32. The summed E-state index contributed by atoms with van der Waals surface area (Å²) in [5, 5.41) is 0.718. The minimum atomic E-state index is -0.282. The molecule has 3 heterocycles. The van der Waals surface area contributed by atoms with E-state index in [1.165, 1.54) is 10.6 Å². The molecule has 0 N–H and O–H groups in total. The van der Waals surface area contributed by atoms with Gasteiger partial charge in [0, 0.05) is 37.1 Å². The van der Waals surface area contributed by atoms with E-state index in [1.807, 2.05) is 42.6 Å². The Morgan fingerprint density at radius 3 is 2.80 bits per heavy atom. The van der Waals surface area contributed by atoms with Gasteiger partial charge in [0.25, 0.3) is 5.91 Å². The van der Waals surface area contributed by atoms with Gasteiger partial charge in [0.15, 0.2) is 0 Å². The van der Waals surface area contributed by atoms with E-state index in [9.17, 15) is 9.59 Å². The number of halogens is 1. The fourth-order valence-electron chi connectivity index (χ4n) is 3.53. The minimum Gasteiger partial charge on any atom is -0.368 e. The maximum Gasteiger partial charge on any atom is 0.255 e. The number of carbonyl (C=O) groups excluding carboxylic acids is 1. The van der Waals surface area contributed by atoms with Gasteiger partial charge in [-0.1, -0.05) is 29.8 Å². The third-order valence-corrected chi connectivity index (χ3v) is 5.40. The van der Waals surface area contributed by atoms with E-state index in [-0.39, 0.29) is 17.6 Å². The van der Waals surface area contributed by atoms with Crippen LogP contribution in [0.5, 0.6) is 0 Å². The predicted octanol–water partition coefficient (Wildman–Crippen LogP) is 3.24. The van der Waals surface area contributed by atoms with Gasteiger partial charge in [-0.15, -0.1) is 0 Å². The zero-order valence-electron chi connectivity index (χ0n) is 16.6. The third kappa shape index (κ3) is 4.61. The zero-order valence-corrected chi connectivity index (χ0v) is 17.4. The summed E-state index contributed by atoms with van der Waals surface area (Å²) in [5.41, 5.74) is 3.34. The first kappa shape index (κ1) is 20.3. The first-order chi connectivity index (χ1) is 14.5. The average Bonchev–Trinajstić information content (AvgIpc) is 2.76. The van der Waals surface area contributed by atoms with Crippen LogP contribution < -0.4 is 5.56 Å². The maximum atomic E-state index is 12.8. The molecule has 0 saturated carbocycles. The Hall–Kier alpha value is -2.96. The molecule has 1 aromatic carbocycles. The second-order valence-electron chi connectivity index (χ2n) is 7.38. The van der Waals surface area contributed by atoms with Crippen LogP contribution in [0.15, 0.2) is 65.7 Å². The molecule has 7 heteroatoms. The van der Waals surface area contributed by atoms with Crippen molar-refractivity contribution in [2.45, 2.75) is 12.5 Å². The molecule has 0 bridgehead atoms. The Kier molecular flexibility index (Phi) is 5.97. The Bertz CT molecular complexity index is 1110. The van der Waals surface area contributed by atoms with Gasteiger partial charge in [-0.25, -0.2) is 0 Å². The molecule has 1 amide bonds. The highest BCUT2D eigenvalue weighted by molar-refractivity contribution is 6.30. The highest BCUT2D eigenvalue weighted by Gasteiger charge is 2.27. The SMILES string of the molecule is Cn1cc(C(=O)N2CCO[C@@H](c3ccc(Cc4cccc(Cl)c4)cn3)C2)ccc1=O. The first-order valence-corrected chi connectivity index (χ1v) is 10.1. The summed E-state index contributed by atoms with van der Waals surface area (Å²) in [5.74, 6) is -0.114. The van der Waals surface area contributed by atoms with E-state index in [2.05, 4.69) is 4.98 Å². The molecule has 1 aliphatic heterocycles. The highest BCUT2D eigenvalue weighted by atomic mass is 35.5. The third-order valence-electron chi connectivity index (χ3n) is 5.16. The molecule has 0 unspecified atom stereocenters. The smallest absolute Gasteiger partial charge is 0.255 e. The molecule has 1 fully saturated rings. The summed E-state index contributed by atoms with van der Waals surface area (Å²) in [7, 11) is 1.64. The number of hydrogen-bond acceptors (Lipinski definition) is 4. The number of ether oxygens (including phenoxy) is 1. The van der Waals surface area contributed by atoms with Crippen LogP contribution in [0.25, 0.3) is 0 Å². The van der Waals surface area contributed by atoms with Crippen molar-refractivity contribution in [3.63, 3.8) is 0 Å². The molecule has 1 atom stereocenters. The van der Waals surface area contributed by atoms with Crippen molar-refractivity contribution in [1.29, 1.82) is 0 Å². The Labute approximate surface area is 179 Å². The second kappa shape index (κ2) is 8.81. The highest BCUT2D eigenvalue weighted by Crippen LogP contribution is 2.23. The van der Waals surface area contributed by atoms with Crippen molar-refractivity contribution >= 4 is 17.5 Å². The summed E-state index contributed by atoms with van der Waals surface area (Å²) in [6, 6.07) is 14.7. The normalized spacial score (nSPS) is 16.5. The fraction of sp³-hybridized carbons (Fsp3) is 0.261. The number of carbonyl (C=O) groups is 1. The second-order valence-corrected chi connectivity index (χ2v) is 7.81. The summed E-state index contributed by atoms with van der Waals surface area (Å²) in [6.45, 7) is 1.36. The summed E-state index contributed by atoms with van der Waals surface area (Å²) < 4.78 is 7.28. The van der Waals surface area contributed by atoms with Crippen LogP contribution in [0.1, 0.15) is 33.3 Å². The molecular formula is C23H22ClN3O3. The maximum absolute atomic E-state index is 12.8. The van der Waals surface area contributed by atoms with Crippen molar-refractivity contribution in [2.24, 2.45) is 7.05 Å². The van der Waals surface area contributed by atoms with Crippen molar-refractivity contribution in [3.05, 3.63) is 98.7 Å². The topological polar surface area (TPSA) is 64.4 Å². The van der Waals surface area contributed by atoms with Crippen molar-refractivity contribution in [1.82, 2.24) is 14.5 Å². The molecule has 1 saturated heterocycles. The number of nitrogens with zero attached hydrogens (tertiary/aromatic N) is 3. The summed E-state index contributed by atoms with van der Waals surface area (Å²) >= 11 is 6.06.